The second-order valence-electron chi connectivity index (χ2n) is 4.01. The van der Waals surface area contributed by atoms with Crippen molar-refractivity contribution in [1.29, 1.82) is 0 Å². The van der Waals surface area contributed by atoms with Crippen molar-refractivity contribution in [2.45, 2.75) is 13.3 Å². The first-order valence-electron chi connectivity index (χ1n) is 5.39. The summed E-state index contributed by atoms with van der Waals surface area (Å²) < 4.78 is 0.881. The summed E-state index contributed by atoms with van der Waals surface area (Å²) in [5.41, 5.74) is 1.70. The number of urea groups is 1. The number of aliphatic carboxylic acids is 1. The van der Waals surface area contributed by atoms with E-state index in [-0.39, 0.29) is 19.0 Å². The van der Waals surface area contributed by atoms with Gasteiger partial charge < -0.3 is 15.3 Å². The van der Waals surface area contributed by atoms with Crippen molar-refractivity contribution >= 4 is 33.6 Å². The summed E-state index contributed by atoms with van der Waals surface area (Å²) in [6, 6.07) is 5.24. The Balaban J connectivity index is 2.60. The maximum absolute atomic E-state index is 11.8. The molecule has 18 heavy (non-hydrogen) atoms. The Morgan fingerprint density at radius 3 is 2.61 bits per heavy atom. The number of nitrogens with one attached hydrogen (secondary N) is 1. The fraction of sp³-hybridized carbons (Fsp3) is 0.333. The van der Waals surface area contributed by atoms with Crippen molar-refractivity contribution in [1.82, 2.24) is 4.90 Å². The van der Waals surface area contributed by atoms with Gasteiger partial charge in [-0.2, -0.15) is 0 Å². The zero-order valence-electron chi connectivity index (χ0n) is 10.2. The molecule has 0 aliphatic rings. The van der Waals surface area contributed by atoms with Crippen molar-refractivity contribution < 1.29 is 14.7 Å². The Kier molecular flexibility index (Phi) is 5.15. The van der Waals surface area contributed by atoms with Crippen LogP contribution in [0.25, 0.3) is 0 Å². The molecule has 0 saturated heterocycles. The molecule has 0 radical (unpaired) electrons. The molecule has 0 atom stereocenters. The zero-order chi connectivity index (χ0) is 13.7. The van der Waals surface area contributed by atoms with Gasteiger partial charge in [-0.05, 0) is 30.7 Å². The Labute approximate surface area is 114 Å². The Morgan fingerprint density at radius 1 is 1.39 bits per heavy atom. The number of halogens is 1. The van der Waals surface area contributed by atoms with Gasteiger partial charge >= 0.3 is 12.0 Å². The largest absolute Gasteiger partial charge is 0.481 e. The first-order chi connectivity index (χ1) is 8.38. The number of nitrogens with zero attached hydrogens (tertiary/aromatic N) is 1. The van der Waals surface area contributed by atoms with E-state index in [1.807, 2.05) is 19.1 Å². The Hall–Kier alpha value is -1.56. The lowest BCUT2D eigenvalue weighted by atomic mass is 10.2. The van der Waals surface area contributed by atoms with Crippen LogP contribution in [0.1, 0.15) is 12.0 Å². The monoisotopic (exact) mass is 314 g/mol. The normalized spacial score (nSPS) is 9.94. The van der Waals surface area contributed by atoms with Crippen LogP contribution < -0.4 is 5.32 Å². The predicted octanol–water partition coefficient (Wildman–Crippen LogP) is 2.70. The minimum Gasteiger partial charge on any atom is -0.481 e. The molecule has 1 aromatic carbocycles. The van der Waals surface area contributed by atoms with Gasteiger partial charge in [-0.3, -0.25) is 4.79 Å². The number of carboxylic acids is 1. The summed E-state index contributed by atoms with van der Waals surface area (Å²) in [5, 5.41) is 11.3. The Bertz CT molecular complexity index is 442. The fourth-order valence-electron chi connectivity index (χ4n) is 1.39. The molecule has 0 aliphatic carbocycles. The summed E-state index contributed by atoms with van der Waals surface area (Å²) >= 11 is 3.35. The van der Waals surface area contributed by atoms with Crippen LogP contribution >= 0.6 is 15.9 Å². The minimum atomic E-state index is -0.923. The number of carboxylic acid groups (broad SMARTS) is 1. The average molecular weight is 315 g/mol. The molecule has 0 fully saturated rings. The molecule has 0 aromatic heterocycles. The molecule has 0 spiro atoms. The lowest BCUT2D eigenvalue weighted by Gasteiger charge is -2.17. The number of aryl methyl sites for hydroxylation is 1. The molecular weight excluding hydrogens is 300 g/mol. The maximum atomic E-state index is 11.8. The van der Waals surface area contributed by atoms with E-state index in [0.29, 0.717) is 5.69 Å². The van der Waals surface area contributed by atoms with Crippen LogP contribution in [0, 0.1) is 6.92 Å². The van der Waals surface area contributed by atoms with Crippen LogP contribution in [-0.2, 0) is 4.79 Å². The van der Waals surface area contributed by atoms with Gasteiger partial charge in [0.1, 0.15) is 0 Å². The summed E-state index contributed by atoms with van der Waals surface area (Å²) in [4.78, 5) is 23.5. The van der Waals surface area contributed by atoms with E-state index >= 15 is 0 Å². The van der Waals surface area contributed by atoms with Crippen LogP contribution in [0.2, 0.25) is 0 Å². The number of rotatable bonds is 4. The van der Waals surface area contributed by atoms with Crippen molar-refractivity contribution in [2.75, 3.05) is 18.9 Å². The maximum Gasteiger partial charge on any atom is 0.321 e. The molecule has 5 nitrogen and oxygen atoms in total. The van der Waals surface area contributed by atoms with E-state index in [2.05, 4.69) is 21.2 Å². The number of benzene rings is 1. The number of hydrogen-bond acceptors (Lipinski definition) is 2. The highest BCUT2D eigenvalue weighted by molar-refractivity contribution is 9.10. The van der Waals surface area contributed by atoms with Gasteiger partial charge in [-0.25, -0.2) is 4.79 Å². The molecule has 1 aromatic rings. The van der Waals surface area contributed by atoms with Crippen LogP contribution in [-0.4, -0.2) is 35.6 Å². The second kappa shape index (κ2) is 6.39. The van der Waals surface area contributed by atoms with E-state index < -0.39 is 5.97 Å². The van der Waals surface area contributed by atoms with Crippen molar-refractivity contribution in [3.05, 3.63) is 28.2 Å². The van der Waals surface area contributed by atoms with Crippen LogP contribution in [0.5, 0.6) is 0 Å². The van der Waals surface area contributed by atoms with Gasteiger partial charge in [0.15, 0.2) is 0 Å². The molecule has 0 aliphatic heterocycles. The molecule has 6 heteroatoms. The Morgan fingerprint density at radius 2 is 2.06 bits per heavy atom. The SMILES string of the molecule is Cc1cc(Br)cc(NC(=O)N(C)CCC(=O)O)c1. The quantitative estimate of drug-likeness (QED) is 0.897. The number of anilines is 1. The molecule has 0 bridgehead atoms. The fourth-order valence-corrected chi connectivity index (χ4v) is 2.00. The predicted molar refractivity (Wildman–Crippen MR) is 72.8 cm³/mol. The average Bonchev–Trinajstić information content (AvgIpc) is 2.24. The van der Waals surface area contributed by atoms with Crippen molar-refractivity contribution in [2.24, 2.45) is 0 Å². The molecule has 2 N–H and O–H groups in total. The lowest BCUT2D eigenvalue weighted by molar-refractivity contribution is -0.137. The molecule has 0 heterocycles. The third-order valence-corrected chi connectivity index (χ3v) is 2.76. The zero-order valence-corrected chi connectivity index (χ0v) is 11.8. The molecule has 2 amide bonds. The van der Waals surface area contributed by atoms with E-state index in [1.165, 1.54) is 4.90 Å². The van der Waals surface area contributed by atoms with Gasteiger partial charge in [-0.15, -0.1) is 0 Å². The number of carbonyl (C=O) groups is 2. The molecule has 0 saturated carbocycles. The molecular formula is C12H15BrN2O3. The minimum absolute atomic E-state index is 0.0680. The van der Waals surface area contributed by atoms with E-state index in [9.17, 15) is 9.59 Å². The van der Waals surface area contributed by atoms with E-state index in [0.717, 1.165) is 10.0 Å². The highest BCUT2D eigenvalue weighted by atomic mass is 79.9. The van der Waals surface area contributed by atoms with Crippen LogP contribution in [0.3, 0.4) is 0 Å². The summed E-state index contributed by atoms with van der Waals surface area (Å²) in [6.07, 6.45) is -0.0680. The molecule has 1 rings (SSSR count). The summed E-state index contributed by atoms with van der Waals surface area (Å²) in [7, 11) is 1.56. The highest BCUT2D eigenvalue weighted by Gasteiger charge is 2.10. The number of amides is 2. The van der Waals surface area contributed by atoms with E-state index in [1.54, 1.807) is 13.1 Å². The van der Waals surface area contributed by atoms with E-state index in [4.69, 9.17) is 5.11 Å². The van der Waals surface area contributed by atoms with Gasteiger partial charge in [0.25, 0.3) is 0 Å². The lowest BCUT2D eigenvalue weighted by Crippen LogP contribution is -2.33. The van der Waals surface area contributed by atoms with Crippen molar-refractivity contribution in [3.8, 4) is 0 Å². The van der Waals surface area contributed by atoms with Crippen LogP contribution in [0.15, 0.2) is 22.7 Å². The standard InChI is InChI=1S/C12H15BrN2O3/c1-8-5-9(13)7-10(6-8)14-12(18)15(2)4-3-11(16)17/h5-7H,3-4H2,1-2H3,(H,14,18)(H,16,17). The third kappa shape index (κ3) is 4.75. The van der Waals surface area contributed by atoms with Crippen LogP contribution in [0.4, 0.5) is 10.5 Å². The first kappa shape index (κ1) is 14.5. The van der Waals surface area contributed by atoms with Gasteiger partial charge in [0.05, 0.1) is 6.42 Å². The highest BCUT2D eigenvalue weighted by Crippen LogP contribution is 2.19. The molecule has 98 valence electrons. The van der Waals surface area contributed by atoms with Gasteiger partial charge in [0, 0.05) is 23.8 Å². The van der Waals surface area contributed by atoms with Gasteiger partial charge in [-0.1, -0.05) is 15.9 Å². The second-order valence-corrected chi connectivity index (χ2v) is 4.93. The number of carbonyl (C=O) groups excluding carboxylic acids is 1. The first-order valence-corrected chi connectivity index (χ1v) is 6.19. The smallest absolute Gasteiger partial charge is 0.321 e. The topological polar surface area (TPSA) is 69.6 Å². The third-order valence-electron chi connectivity index (χ3n) is 2.30. The van der Waals surface area contributed by atoms with Gasteiger partial charge in [0.2, 0.25) is 0 Å². The number of hydrogen-bond donors (Lipinski definition) is 2. The summed E-state index contributed by atoms with van der Waals surface area (Å²) in [5.74, 6) is -0.923. The molecule has 0 unspecified atom stereocenters. The van der Waals surface area contributed by atoms with Crippen molar-refractivity contribution in [3.63, 3.8) is 0 Å². The summed E-state index contributed by atoms with van der Waals surface area (Å²) in [6.45, 7) is 2.10.